The monoisotopic (exact) mass is 215 g/mol. The zero-order chi connectivity index (χ0) is 11.2. The van der Waals surface area contributed by atoms with Crippen LogP contribution in [0.25, 0.3) is 0 Å². The molecule has 1 N–H and O–H groups in total. The molecule has 15 heavy (non-hydrogen) atoms. The molecule has 0 aromatic heterocycles. The largest absolute Gasteiger partial charge is 0.383 e. The lowest BCUT2D eigenvalue weighted by molar-refractivity contribution is 0.128. The second-order valence-electron chi connectivity index (χ2n) is 3.49. The van der Waals surface area contributed by atoms with Gasteiger partial charge in [0.2, 0.25) is 0 Å². The van der Waals surface area contributed by atoms with Crippen LogP contribution in [0.5, 0.6) is 0 Å². The molecule has 0 aromatic rings. The van der Waals surface area contributed by atoms with E-state index in [1.165, 1.54) is 6.42 Å². The highest BCUT2D eigenvalue weighted by atomic mass is 16.5. The highest BCUT2D eigenvalue weighted by Crippen LogP contribution is 1.93. The van der Waals surface area contributed by atoms with Crippen LogP contribution in [0.1, 0.15) is 25.7 Å². The number of unbranched alkanes of at least 4 members (excludes halogenated alkanes) is 2. The molecule has 0 bridgehead atoms. The predicted octanol–water partition coefficient (Wildman–Crippen LogP) is 1.99. The number of nitrogens with one attached hydrogen (secondary N) is 1. The zero-order valence-electron chi connectivity index (χ0n) is 9.96. The minimum Gasteiger partial charge on any atom is -0.383 e. The highest BCUT2D eigenvalue weighted by molar-refractivity contribution is 4.64. The summed E-state index contributed by atoms with van der Waals surface area (Å²) in [5, 5.41) is 3.30. The van der Waals surface area contributed by atoms with Crippen molar-refractivity contribution in [3.05, 3.63) is 12.7 Å². The van der Waals surface area contributed by atoms with Crippen molar-refractivity contribution in [2.24, 2.45) is 0 Å². The van der Waals surface area contributed by atoms with Crippen molar-refractivity contribution in [2.45, 2.75) is 25.7 Å². The van der Waals surface area contributed by atoms with Gasteiger partial charge in [0, 0.05) is 26.9 Å². The molecule has 0 aliphatic heterocycles. The Bertz CT molecular complexity index is 129. The van der Waals surface area contributed by atoms with E-state index in [0.29, 0.717) is 0 Å². The number of rotatable bonds is 12. The minimum atomic E-state index is 0.790. The Morgan fingerprint density at radius 3 is 2.60 bits per heavy atom. The minimum absolute atomic E-state index is 0.790. The van der Waals surface area contributed by atoms with Crippen molar-refractivity contribution < 1.29 is 9.47 Å². The second kappa shape index (κ2) is 13.6. The summed E-state index contributed by atoms with van der Waals surface area (Å²) in [6, 6.07) is 0. The van der Waals surface area contributed by atoms with Crippen LogP contribution in [0.2, 0.25) is 0 Å². The first-order valence-electron chi connectivity index (χ1n) is 5.80. The summed E-state index contributed by atoms with van der Waals surface area (Å²) in [5.74, 6) is 0. The molecule has 0 saturated carbocycles. The number of hydrogen-bond acceptors (Lipinski definition) is 3. The highest BCUT2D eigenvalue weighted by Gasteiger charge is 1.90. The fourth-order valence-electron chi connectivity index (χ4n) is 1.19. The van der Waals surface area contributed by atoms with Crippen molar-refractivity contribution in [3.8, 4) is 0 Å². The van der Waals surface area contributed by atoms with Gasteiger partial charge in [-0.05, 0) is 32.2 Å². The molecule has 90 valence electrons. The third kappa shape index (κ3) is 13.6. The number of allylic oxidation sites excluding steroid dienone is 1. The molecule has 0 aliphatic rings. The van der Waals surface area contributed by atoms with Crippen molar-refractivity contribution >= 4 is 0 Å². The molecule has 0 spiro atoms. The van der Waals surface area contributed by atoms with E-state index in [4.69, 9.17) is 9.47 Å². The summed E-state index contributed by atoms with van der Waals surface area (Å²) < 4.78 is 10.4. The van der Waals surface area contributed by atoms with Gasteiger partial charge in [-0.3, -0.25) is 0 Å². The third-order valence-corrected chi connectivity index (χ3v) is 2.07. The van der Waals surface area contributed by atoms with Gasteiger partial charge in [0.25, 0.3) is 0 Å². The van der Waals surface area contributed by atoms with E-state index in [2.05, 4.69) is 11.9 Å². The first-order chi connectivity index (χ1) is 7.41. The maximum Gasteiger partial charge on any atom is 0.0587 e. The molecular weight excluding hydrogens is 190 g/mol. The van der Waals surface area contributed by atoms with Crippen molar-refractivity contribution in [2.75, 3.05) is 40.0 Å². The molecule has 0 unspecified atom stereocenters. The van der Waals surface area contributed by atoms with Crippen LogP contribution in [-0.4, -0.2) is 40.0 Å². The van der Waals surface area contributed by atoms with Crippen molar-refractivity contribution in [3.63, 3.8) is 0 Å². The molecule has 3 heteroatoms. The van der Waals surface area contributed by atoms with Crippen LogP contribution in [0.4, 0.5) is 0 Å². The Morgan fingerprint density at radius 2 is 1.87 bits per heavy atom. The summed E-state index contributed by atoms with van der Waals surface area (Å²) in [6.45, 7) is 8.20. The molecule has 0 atom stereocenters. The third-order valence-electron chi connectivity index (χ3n) is 2.07. The molecular formula is C12H25NO2. The van der Waals surface area contributed by atoms with Crippen molar-refractivity contribution in [1.29, 1.82) is 0 Å². The molecule has 0 rings (SSSR count). The first kappa shape index (κ1) is 14.6. The average molecular weight is 215 g/mol. The predicted molar refractivity (Wildman–Crippen MR) is 64.2 cm³/mol. The van der Waals surface area contributed by atoms with E-state index in [0.717, 1.165) is 52.2 Å². The maximum absolute atomic E-state index is 5.46. The Labute approximate surface area is 93.8 Å². The van der Waals surface area contributed by atoms with Gasteiger partial charge in [0.15, 0.2) is 0 Å². The van der Waals surface area contributed by atoms with Crippen LogP contribution < -0.4 is 5.32 Å². The lowest BCUT2D eigenvalue weighted by atomic mass is 10.3. The number of ether oxygens (including phenoxy) is 2. The standard InChI is InChI=1S/C12H25NO2/c1-3-4-6-10-15-11-7-5-8-13-9-12-14-2/h3,13H,1,4-12H2,2H3. The van der Waals surface area contributed by atoms with E-state index in [9.17, 15) is 0 Å². The topological polar surface area (TPSA) is 30.5 Å². The quantitative estimate of drug-likeness (QED) is 0.399. The molecule has 0 radical (unpaired) electrons. The van der Waals surface area contributed by atoms with Gasteiger partial charge >= 0.3 is 0 Å². The Hall–Kier alpha value is -0.380. The maximum atomic E-state index is 5.46. The van der Waals surface area contributed by atoms with Crippen LogP contribution in [0, 0.1) is 0 Å². The average Bonchev–Trinajstić information content (AvgIpc) is 2.26. The van der Waals surface area contributed by atoms with Gasteiger partial charge in [-0.15, -0.1) is 6.58 Å². The van der Waals surface area contributed by atoms with Crippen molar-refractivity contribution in [1.82, 2.24) is 5.32 Å². The van der Waals surface area contributed by atoms with E-state index in [1.54, 1.807) is 7.11 Å². The molecule has 3 nitrogen and oxygen atoms in total. The molecule has 0 aliphatic carbocycles. The summed E-state index contributed by atoms with van der Waals surface area (Å²) in [7, 11) is 1.72. The van der Waals surface area contributed by atoms with Crippen LogP contribution in [0.15, 0.2) is 12.7 Å². The summed E-state index contributed by atoms with van der Waals surface area (Å²) in [6.07, 6.45) is 6.39. The van der Waals surface area contributed by atoms with E-state index in [-0.39, 0.29) is 0 Å². The Balaban J connectivity index is 2.83. The van der Waals surface area contributed by atoms with Gasteiger partial charge < -0.3 is 14.8 Å². The molecule has 0 amide bonds. The second-order valence-corrected chi connectivity index (χ2v) is 3.49. The molecule has 0 heterocycles. The van der Waals surface area contributed by atoms with Crippen LogP contribution in [-0.2, 0) is 9.47 Å². The molecule has 0 aromatic carbocycles. The Morgan fingerprint density at radius 1 is 1.07 bits per heavy atom. The van der Waals surface area contributed by atoms with E-state index >= 15 is 0 Å². The van der Waals surface area contributed by atoms with Crippen LogP contribution in [0.3, 0.4) is 0 Å². The fourth-order valence-corrected chi connectivity index (χ4v) is 1.19. The fraction of sp³-hybridized carbons (Fsp3) is 0.833. The van der Waals surface area contributed by atoms with Crippen LogP contribution >= 0.6 is 0 Å². The summed E-state index contributed by atoms with van der Waals surface area (Å²) in [5.41, 5.74) is 0. The van der Waals surface area contributed by atoms with Gasteiger partial charge in [-0.2, -0.15) is 0 Å². The Kier molecular flexibility index (Phi) is 13.3. The van der Waals surface area contributed by atoms with Gasteiger partial charge in [0.1, 0.15) is 0 Å². The summed E-state index contributed by atoms with van der Waals surface area (Å²) in [4.78, 5) is 0. The SMILES string of the molecule is C=CCCCOCCCCNCCOC. The van der Waals surface area contributed by atoms with Gasteiger partial charge in [-0.25, -0.2) is 0 Å². The smallest absolute Gasteiger partial charge is 0.0587 e. The van der Waals surface area contributed by atoms with E-state index < -0.39 is 0 Å². The lowest BCUT2D eigenvalue weighted by Crippen LogP contribution is -2.20. The van der Waals surface area contributed by atoms with Gasteiger partial charge in [-0.1, -0.05) is 6.08 Å². The molecule has 0 saturated heterocycles. The van der Waals surface area contributed by atoms with Gasteiger partial charge in [0.05, 0.1) is 6.61 Å². The summed E-state index contributed by atoms with van der Waals surface area (Å²) >= 11 is 0. The first-order valence-corrected chi connectivity index (χ1v) is 5.80. The zero-order valence-corrected chi connectivity index (χ0v) is 9.96. The normalized spacial score (nSPS) is 10.5. The van der Waals surface area contributed by atoms with E-state index in [1.807, 2.05) is 6.08 Å². The number of methoxy groups -OCH3 is 1. The molecule has 0 fully saturated rings. The lowest BCUT2D eigenvalue weighted by Gasteiger charge is -2.04. The number of hydrogen-bond donors (Lipinski definition) is 1.